The third-order valence-electron chi connectivity index (χ3n) is 5.68. The maximum atomic E-state index is 12.2. The summed E-state index contributed by atoms with van der Waals surface area (Å²) in [4.78, 5) is 19.3. The van der Waals surface area contributed by atoms with Gasteiger partial charge in [0.2, 0.25) is 0 Å². The van der Waals surface area contributed by atoms with Crippen LogP contribution < -0.4 is 0 Å². The van der Waals surface area contributed by atoms with Gasteiger partial charge in [-0.2, -0.15) is 0 Å². The van der Waals surface area contributed by atoms with Gasteiger partial charge in [-0.05, 0) is 41.3 Å². The van der Waals surface area contributed by atoms with Crippen molar-refractivity contribution in [2.45, 2.75) is 33.2 Å². The lowest BCUT2D eigenvalue weighted by Gasteiger charge is -2.30. The van der Waals surface area contributed by atoms with Crippen molar-refractivity contribution >= 4 is 28.5 Å². The lowest BCUT2D eigenvalue weighted by molar-refractivity contribution is 0.0696. The molecule has 0 saturated heterocycles. The zero-order valence-electron chi connectivity index (χ0n) is 17.1. The summed E-state index contributed by atoms with van der Waals surface area (Å²) in [5.74, 6) is -0.396. The molecule has 4 heteroatoms. The lowest BCUT2D eigenvalue weighted by atomic mass is 9.91. The van der Waals surface area contributed by atoms with Crippen LogP contribution in [0.25, 0.3) is 22.6 Å². The van der Waals surface area contributed by atoms with Crippen molar-refractivity contribution in [3.05, 3.63) is 76.5 Å². The van der Waals surface area contributed by atoms with E-state index in [2.05, 4.69) is 56.0 Å². The lowest BCUT2D eigenvalue weighted by Crippen LogP contribution is -2.31. The minimum atomic E-state index is -0.890. The molecule has 0 spiro atoms. The Labute approximate surface area is 171 Å². The number of aromatic nitrogens is 1. The fourth-order valence-electron chi connectivity index (χ4n) is 4.03. The summed E-state index contributed by atoms with van der Waals surface area (Å²) >= 11 is 0. The second kappa shape index (κ2) is 7.80. The van der Waals surface area contributed by atoms with Crippen LogP contribution in [0.4, 0.5) is 0 Å². The minimum Gasteiger partial charge on any atom is -0.478 e. The van der Waals surface area contributed by atoms with E-state index in [1.54, 1.807) is 0 Å². The summed E-state index contributed by atoms with van der Waals surface area (Å²) < 4.78 is 0. The Balaban J connectivity index is 1.90. The normalized spacial score (nSPS) is 15.8. The standard InChI is InChI=1S/C25H26N2O2/c1-4-27-14-19(13-17-9-11-18(12-10-17)16(2)3)24-21(15-27)23(25(28)29)20-7-5-6-8-22(20)26-24/h5-13,16H,4,14-15H2,1-3H3,(H,28,29). The number of aromatic carboxylic acids is 1. The highest BCUT2D eigenvalue weighted by atomic mass is 16.4. The van der Waals surface area contributed by atoms with Gasteiger partial charge in [0.1, 0.15) is 0 Å². The van der Waals surface area contributed by atoms with Gasteiger partial charge < -0.3 is 5.11 Å². The van der Waals surface area contributed by atoms with E-state index in [4.69, 9.17) is 4.98 Å². The molecule has 0 unspecified atom stereocenters. The van der Waals surface area contributed by atoms with Gasteiger partial charge in [0.05, 0.1) is 16.8 Å². The van der Waals surface area contributed by atoms with Gasteiger partial charge in [-0.15, -0.1) is 0 Å². The Morgan fingerprint density at radius 3 is 2.52 bits per heavy atom. The smallest absolute Gasteiger partial charge is 0.336 e. The van der Waals surface area contributed by atoms with Gasteiger partial charge in [0, 0.05) is 24.0 Å². The van der Waals surface area contributed by atoms with Crippen LogP contribution in [0.3, 0.4) is 0 Å². The average molecular weight is 386 g/mol. The highest BCUT2D eigenvalue weighted by molar-refractivity contribution is 6.06. The molecule has 1 aliphatic rings. The van der Waals surface area contributed by atoms with Crippen LogP contribution in [-0.4, -0.2) is 34.0 Å². The van der Waals surface area contributed by atoms with Crippen LogP contribution in [0.1, 0.15) is 59.4 Å². The SMILES string of the molecule is CCN1CC(=Cc2ccc(C(C)C)cc2)c2nc3ccccc3c(C(=O)O)c2C1. The number of hydrogen-bond donors (Lipinski definition) is 1. The van der Waals surface area contributed by atoms with Crippen LogP contribution in [0.15, 0.2) is 48.5 Å². The average Bonchev–Trinajstić information content (AvgIpc) is 2.72. The minimum absolute atomic E-state index is 0.379. The fraction of sp³-hybridized carbons (Fsp3) is 0.280. The molecule has 0 atom stereocenters. The molecule has 2 heterocycles. The molecule has 2 aromatic carbocycles. The summed E-state index contributed by atoms with van der Waals surface area (Å²) in [7, 11) is 0. The maximum absolute atomic E-state index is 12.2. The number of rotatable bonds is 4. The number of hydrogen-bond acceptors (Lipinski definition) is 3. The largest absolute Gasteiger partial charge is 0.478 e. The highest BCUT2D eigenvalue weighted by Crippen LogP contribution is 2.34. The second-order valence-electron chi connectivity index (χ2n) is 7.93. The monoisotopic (exact) mass is 386 g/mol. The number of fused-ring (bicyclic) bond motifs is 2. The van der Waals surface area contributed by atoms with Crippen LogP contribution in [0.5, 0.6) is 0 Å². The maximum Gasteiger partial charge on any atom is 0.336 e. The molecule has 0 aliphatic carbocycles. The first-order valence-electron chi connectivity index (χ1n) is 10.2. The van der Waals surface area contributed by atoms with Gasteiger partial charge >= 0.3 is 5.97 Å². The van der Waals surface area contributed by atoms with Gasteiger partial charge in [-0.25, -0.2) is 9.78 Å². The zero-order chi connectivity index (χ0) is 20.5. The summed E-state index contributed by atoms with van der Waals surface area (Å²) in [6.07, 6.45) is 2.15. The van der Waals surface area contributed by atoms with Crippen molar-refractivity contribution in [1.82, 2.24) is 9.88 Å². The molecule has 0 amide bonds. The summed E-state index contributed by atoms with van der Waals surface area (Å²) in [6, 6.07) is 16.1. The highest BCUT2D eigenvalue weighted by Gasteiger charge is 2.27. The molecule has 0 saturated carbocycles. The summed E-state index contributed by atoms with van der Waals surface area (Å²) in [5, 5.41) is 10.7. The van der Waals surface area contributed by atoms with Crippen molar-refractivity contribution in [2.75, 3.05) is 13.1 Å². The number of benzene rings is 2. The van der Waals surface area contributed by atoms with Gasteiger partial charge in [0.25, 0.3) is 0 Å². The summed E-state index contributed by atoms with van der Waals surface area (Å²) in [6.45, 7) is 8.71. The number of likely N-dealkylation sites (N-methyl/N-ethyl adjacent to an activating group) is 1. The van der Waals surface area contributed by atoms with E-state index in [1.807, 2.05) is 24.3 Å². The molecule has 3 aromatic rings. The Kier molecular flexibility index (Phi) is 5.20. The van der Waals surface area contributed by atoms with Crippen molar-refractivity contribution in [3.8, 4) is 0 Å². The predicted molar refractivity (Wildman–Crippen MR) is 118 cm³/mol. The topological polar surface area (TPSA) is 53.4 Å². The van der Waals surface area contributed by atoms with Crippen LogP contribution in [0.2, 0.25) is 0 Å². The molecule has 4 nitrogen and oxygen atoms in total. The molecule has 1 aliphatic heterocycles. The zero-order valence-corrected chi connectivity index (χ0v) is 17.1. The molecule has 148 valence electrons. The predicted octanol–water partition coefficient (Wildman–Crippen LogP) is 5.43. The Hall–Kier alpha value is -2.98. The molecule has 0 radical (unpaired) electrons. The van der Waals surface area contributed by atoms with Crippen LogP contribution >= 0.6 is 0 Å². The van der Waals surface area contributed by atoms with E-state index in [0.717, 1.165) is 41.0 Å². The molecular weight excluding hydrogens is 360 g/mol. The van der Waals surface area contributed by atoms with Crippen LogP contribution in [0, 0.1) is 0 Å². The number of nitrogens with zero attached hydrogens (tertiary/aromatic N) is 2. The molecule has 4 rings (SSSR count). The fourth-order valence-corrected chi connectivity index (χ4v) is 4.03. The molecule has 1 aromatic heterocycles. The number of para-hydroxylation sites is 1. The van der Waals surface area contributed by atoms with Crippen molar-refractivity contribution in [1.29, 1.82) is 0 Å². The Bertz CT molecular complexity index is 1100. The Morgan fingerprint density at radius 2 is 1.86 bits per heavy atom. The van der Waals surface area contributed by atoms with Gasteiger partial charge in [-0.1, -0.05) is 63.2 Å². The van der Waals surface area contributed by atoms with Crippen molar-refractivity contribution in [2.24, 2.45) is 0 Å². The van der Waals surface area contributed by atoms with E-state index >= 15 is 0 Å². The Morgan fingerprint density at radius 1 is 1.14 bits per heavy atom. The third kappa shape index (κ3) is 3.68. The van der Waals surface area contributed by atoms with Gasteiger partial charge in [0.15, 0.2) is 0 Å². The van der Waals surface area contributed by atoms with Gasteiger partial charge in [-0.3, -0.25) is 4.90 Å². The quantitative estimate of drug-likeness (QED) is 0.649. The molecular formula is C25H26N2O2. The van der Waals surface area contributed by atoms with E-state index < -0.39 is 5.97 Å². The molecule has 0 bridgehead atoms. The summed E-state index contributed by atoms with van der Waals surface area (Å²) in [5.41, 5.74) is 6.23. The van der Waals surface area contributed by atoms with E-state index in [0.29, 0.717) is 23.4 Å². The van der Waals surface area contributed by atoms with E-state index in [9.17, 15) is 9.90 Å². The first-order valence-corrected chi connectivity index (χ1v) is 10.2. The van der Waals surface area contributed by atoms with E-state index in [-0.39, 0.29) is 0 Å². The molecule has 0 fully saturated rings. The number of pyridine rings is 1. The van der Waals surface area contributed by atoms with Crippen LogP contribution in [-0.2, 0) is 6.54 Å². The third-order valence-corrected chi connectivity index (χ3v) is 5.68. The first-order chi connectivity index (χ1) is 14.0. The number of carboxylic acids is 1. The number of carboxylic acid groups (broad SMARTS) is 1. The molecule has 29 heavy (non-hydrogen) atoms. The molecule has 1 N–H and O–H groups in total. The number of carbonyl (C=O) groups is 1. The van der Waals surface area contributed by atoms with E-state index in [1.165, 1.54) is 5.56 Å². The second-order valence-corrected chi connectivity index (χ2v) is 7.93. The van der Waals surface area contributed by atoms with Crippen molar-refractivity contribution < 1.29 is 9.90 Å². The first kappa shape index (κ1) is 19.3. The van der Waals surface area contributed by atoms with Crippen molar-refractivity contribution in [3.63, 3.8) is 0 Å².